The van der Waals surface area contributed by atoms with E-state index >= 15 is 0 Å². The summed E-state index contributed by atoms with van der Waals surface area (Å²) >= 11 is 6.18. The molecular weight excluding hydrogens is 284 g/mol. The summed E-state index contributed by atoms with van der Waals surface area (Å²) in [6.45, 7) is 11.2. The van der Waals surface area contributed by atoms with Crippen molar-refractivity contribution >= 4 is 17.3 Å². The predicted molar refractivity (Wildman–Crippen MR) is 90.2 cm³/mol. The Bertz CT molecular complexity index is 450. The van der Waals surface area contributed by atoms with Crippen LogP contribution in [0.1, 0.15) is 32.8 Å². The number of nitrogens with zero attached hydrogens (tertiary/aromatic N) is 1. The fourth-order valence-corrected chi connectivity index (χ4v) is 2.88. The van der Waals surface area contributed by atoms with Gasteiger partial charge in [-0.15, -0.1) is 0 Å². The van der Waals surface area contributed by atoms with E-state index in [1.54, 1.807) is 0 Å². The molecule has 1 aliphatic rings. The molecule has 1 aromatic carbocycles. The van der Waals surface area contributed by atoms with E-state index in [1.807, 2.05) is 6.07 Å². The lowest BCUT2D eigenvalue weighted by Gasteiger charge is -2.35. The third kappa shape index (κ3) is 4.87. The van der Waals surface area contributed by atoms with Crippen molar-refractivity contribution < 1.29 is 4.74 Å². The van der Waals surface area contributed by atoms with Crippen molar-refractivity contribution in [3.8, 4) is 0 Å². The molecule has 1 aliphatic heterocycles. The molecule has 0 amide bonds. The van der Waals surface area contributed by atoms with Crippen LogP contribution in [-0.4, -0.2) is 32.3 Å². The van der Waals surface area contributed by atoms with Crippen molar-refractivity contribution in [1.29, 1.82) is 0 Å². The van der Waals surface area contributed by atoms with E-state index in [2.05, 4.69) is 43.1 Å². The van der Waals surface area contributed by atoms with Gasteiger partial charge in [-0.25, -0.2) is 0 Å². The van der Waals surface area contributed by atoms with Gasteiger partial charge in [0.1, 0.15) is 0 Å². The standard InChI is InChI=1S/C17H27ClN2O/c1-4-16-12-20(7-8-21-16)17-6-5-15(18)9-14(17)11-19-10-13(2)3/h5-6,9,13,16,19H,4,7-8,10-12H2,1-3H3. The van der Waals surface area contributed by atoms with Crippen LogP contribution in [0.4, 0.5) is 5.69 Å². The van der Waals surface area contributed by atoms with Gasteiger partial charge in [0.25, 0.3) is 0 Å². The van der Waals surface area contributed by atoms with Crippen LogP contribution in [0.2, 0.25) is 5.02 Å². The first-order valence-electron chi connectivity index (χ1n) is 7.95. The molecule has 0 spiro atoms. The van der Waals surface area contributed by atoms with Gasteiger partial charge < -0.3 is 15.0 Å². The summed E-state index contributed by atoms with van der Waals surface area (Å²) in [4.78, 5) is 2.43. The summed E-state index contributed by atoms with van der Waals surface area (Å²) in [6.07, 6.45) is 1.40. The summed E-state index contributed by atoms with van der Waals surface area (Å²) in [5, 5.41) is 4.32. The van der Waals surface area contributed by atoms with Crippen LogP contribution < -0.4 is 10.2 Å². The maximum Gasteiger partial charge on any atom is 0.0748 e. The van der Waals surface area contributed by atoms with Crippen molar-refractivity contribution in [1.82, 2.24) is 5.32 Å². The molecular formula is C17H27ClN2O. The van der Waals surface area contributed by atoms with Crippen LogP contribution in [0, 0.1) is 5.92 Å². The number of rotatable bonds is 6. The molecule has 0 bridgehead atoms. The lowest BCUT2D eigenvalue weighted by atomic mass is 10.1. The van der Waals surface area contributed by atoms with E-state index in [0.29, 0.717) is 12.0 Å². The van der Waals surface area contributed by atoms with Gasteiger partial charge in [0.2, 0.25) is 0 Å². The Labute approximate surface area is 133 Å². The first kappa shape index (κ1) is 16.6. The van der Waals surface area contributed by atoms with Gasteiger partial charge in [-0.3, -0.25) is 0 Å². The van der Waals surface area contributed by atoms with Gasteiger partial charge in [-0.05, 0) is 42.6 Å². The van der Waals surface area contributed by atoms with Crippen molar-refractivity contribution in [2.45, 2.75) is 39.8 Å². The second-order valence-corrected chi connectivity index (χ2v) is 6.58. The van der Waals surface area contributed by atoms with E-state index in [4.69, 9.17) is 16.3 Å². The molecule has 1 aromatic rings. The lowest BCUT2D eigenvalue weighted by molar-refractivity contribution is 0.0384. The molecule has 1 saturated heterocycles. The molecule has 1 fully saturated rings. The number of anilines is 1. The number of ether oxygens (including phenoxy) is 1. The highest BCUT2D eigenvalue weighted by molar-refractivity contribution is 6.30. The molecule has 1 heterocycles. The van der Waals surface area contributed by atoms with Crippen LogP contribution in [0.3, 0.4) is 0 Å². The number of hydrogen-bond donors (Lipinski definition) is 1. The van der Waals surface area contributed by atoms with Crippen LogP contribution in [0.15, 0.2) is 18.2 Å². The minimum atomic E-state index is 0.339. The maximum atomic E-state index is 6.18. The largest absolute Gasteiger partial charge is 0.375 e. The fraction of sp³-hybridized carbons (Fsp3) is 0.647. The van der Waals surface area contributed by atoms with E-state index in [0.717, 1.165) is 44.2 Å². The molecule has 1 unspecified atom stereocenters. The Hall–Kier alpha value is -0.770. The minimum absolute atomic E-state index is 0.339. The van der Waals surface area contributed by atoms with E-state index in [9.17, 15) is 0 Å². The quantitative estimate of drug-likeness (QED) is 0.867. The average molecular weight is 311 g/mol. The smallest absolute Gasteiger partial charge is 0.0748 e. The van der Waals surface area contributed by atoms with Crippen LogP contribution in [0.25, 0.3) is 0 Å². The molecule has 2 rings (SSSR count). The van der Waals surface area contributed by atoms with Gasteiger partial charge in [-0.1, -0.05) is 32.4 Å². The molecule has 118 valence electrons. The predicted octanol–water partition coefficient (Wildman–Crippen LogP) is 3.70. The summed E-state index contributed by atoms with van der Waals surface area (Å²) in [5.41, 5.74) is 2.57. The topological polar surface area (TPSA) is 24.5 Å². The van der Waals surface area contributed by atoms with Crippen molar-refractivity contribution in [3.05, 3.63) is 28.8 Å². The second-order valence-electron chi connectivity index (χ2n) is 6.14. The third-order valence-electron chi connectivity index (χ3n) is 3.84. The molecule has 0 saturated carbocycles. The van der Waals surface area contributed by atoms with Crippen LogP contribution in [0.5, 0.6) is 0 Å². The summed E-state index contributed by atoms with van der Waals surface area (Å²) < 4.78 is 5.77. The highest BCUT2D eigenvalue weighted by Gasteiger charge is 2.21. The Morgan fingerprint density at radius 3 is 2.95 bits per heavy atom. The van der Waals surface area contributed by atoms with Crippen LogP contribution >= 0.6 is 11.6 Å². The molecule has 0 aromatic heterocycles. The molecule has 3 nitrogen and oxygen atoms in total. The molecule has 1 N–H and O–H groups in total. The monoisotopic (exact) mass is 310 g/mol. The zero-order valence-corrected chi connectivity index (χ0v) is 14.1. The number of morpholine rings is 1. The summed E-state index contributed by atoms with van der Waals surface area (Å²) in [6, 6.07) is 6.21. The Morgan fingerprint density at radius 1 is 1.43 bits per heavy atom. The van der Waals surface area contributed by atoms with Gasteiger partial charge in [0.05, 0.1) is 12.7 Å². The molecule has 4 heteroatoms. The maximum absolute atomic E-state index is 6.18. The molecule has 21 heavy (non-hydrogen) atoms. The first-order chi connectivity index (χ1) is 10.1. The van der Waals surface area contributed by atoms with Crippen molar-refractivity contribution in [2.75, 3.05) is 31.1 Å². The Balaban J connectivity index is 2.10. The molecule has 0 radical (unpaired) electrons. The third-order valence-corrected chi connectivity index (χ3v) is 4.08. The second kappa shape index (κ2) is 8.02. The summed E-state index contributed by atoms with van der Waals surface area (Å²) in [5.74, 6) is 0.653. The molecule has 0 aliphatic carbocycles. The highest BCUT2D eigenvalue weighted by Crippen LogP contribution is 2.26. The number of nitrogens with one attached hydrogen (secondary N) is 1. The summed E-state index contributed by atoms with van der Waals surface area (Å²) in [7, 11) is 0. The minimum Gasteiger partial charge on any atom is -0.375 e. The first-order valence-corrected chi connectivity index (χ1v) is 8.33. The zero-order valence-electron chi connectivity index (χ0n) is 13.4. The number of benzene rings is 1. The fourth-order valence-electron chi connectivity index (χ4n) is 2.68. The van der Waals surface area contributed by atoms with Crippen LogP contribution in [-0.2, 0) is 11.3 Å². The van der Waals surface area contributed by atoms with Crippen molar-refractivity contribution in [2.24, 2.45) is 5.92 Å². The van der Waals surface area contributed by atoms with E-state index < -0.39 is 0 Å². The Morgan fingerprint density at radius 2 is 2.24 bits per heavy atom. The Kier molecular flexibility index (Phi) is 6.34. The number of hydrogen-bond acceptors (Lipinski definition) is 3. The normalized spacial score (nSPS) is 19.3. The SMILES string of the molecule is CCC1CN(c2ccc(Cl)cc2CNCC(C)C)CCO1. The van der Waals surface area contributed by atoms with E-state index in [1.165, 1.54) is 11.3 Å². The van der Waals surface area contributed by atoms with Gasteiger partial charge in [0.15, 0.2) is 0 Å². The zero-order chi connectivity index (χ0) is 15.2. The molecule has 1 atom stereocenters. The van der Waals surface area contributed by atoms with Gasteiger partial charge in [-0.2, -0.15) is 0 Å². The van der Waals surface area contributed by atoms with E-state index in [-0.39, 0.29) is 0 Å². The van der Waals surface area contributed by atoms with Crippen molar-refractivity contribution in [3.63, 3.8) is 0 Å². The van der Waals surface area contributed by atoms with Gasteiger partial charge in [0, 0.05) is 30.3 Å². The highest BCUT2D eigenvalue weighted by atomic mass is 35.5. The number of halogens is 1. The lowest BCUT2D eigenvalue weighted by Crippen LogP contribution is -2.42. The van der Waals surface area contributed by atoms with Gasteiger partial charge >= 0.3 is 0 Å². The average Bonchev–Trinajstić information content (AvgIpc) is 2.47.